The van der Waals surface area contributed by atoms with Gasteiger partial charge >= 0.3 is 6.09 Å². The molecule has 0 bridgehead atoms. The van der Waals surface area contributed by atoms with Crippen molar-refractivity contribution in [3.05, 3.63) is 0 Å². The van der Waals surface area contributed by atoms with Crippen molar-refractivity contribution in [1.82, 2.24) is 4.90 Å². The van der Waals surface area contributed by atoms with Gasteiger partial charge in [-0.3, -0.25) is 0 Å². The van der Waals surface area contributed by atoms with E-state index in [1.165, 1.54) is 0 Å². The number of likely N-dealkylation sites (tertiary alicyclic amines) is 1. The van der Waals surface area contributed by atoms with Gasteiger partial charge in [0.1, 0.15) is 5.60 Å². The Balaban J connectivity index is 1.52. The number of hydrogen-bond donors (Lipinski definition) is 0. The van der Waals surface area contributed by atoms with Crippen LogP contribution in [0.25, 0.3) is 0 Å². The smallest absolute Gasteiger partial charge is 0.410 e. The molecule has 140 valence electrons. The van der Waals surface area contributed by atoms with Crippen molar-refractivity contribution in [2.45, 2.75) is 77.3 Å². The Hall–Kier alpha value is -0.850. The minimum Gasteiger partial charge on any atom is -0.444 e. The van der Waals surface area contributed by atoms with Crippen molar-refractivity contribution in [2.24, 2.45) is 0 Å². The fraction of sp³-hybridized carbons (Fsp3) is 0.944. The average Bonchev–Trinajstić information content (AvgIpc) is 3.10. The molecule has 2 aliphatic heterocycles. The summed E-state index contributed by atoms with van der Waals surface area (Å²) in [7, 11) is 0. The minimum atomic E-state index is -0.445. The van der Waals surface area contributed by atoms with Crippen LogP contribution in [0.2, 0.25) is 0 Å². The van der Waals surface area contributed by atoms with E-state index < -0.39 is 5.60 Å². The third-order valence-corrected chi connectivity index (χ3v) is 4.32. The molecule has 6 heteroatoms. The molecule has 6 nitrogen and oxygen atoms in total. The number of hydrogen-bond acceptors (Lipinski definition) is 5. The van der Waals surface area contributed by atoms with Crippen molar-refractivity contribution in [2.75, 3.05) is 32.9 Å². The van der Waals surface area contributed by atoms with E-state index in [0.717, 1.165) is 38.7 Å². The van der Waals surface area contributed by atoms with E-state index >= 15 is 0 Å². The van der Waals surface area contributed by atoms with Crippen LogP contribution in [0.1, 0.15) is 59.8 Å². The van der Waals surface area contributed by atoms with E-state index in [4.69, 9.17) is 18.9 Å². The number of carbonyl (C=O) groups excluding carboxylic acids is 1. The molecule has 0 spiro atoms. The maximum absolute atomic E-state index is 12.0. The van der Waals surface area contributed by atoms with Crippen molar-refractivity contribution >= 4 is 6.09 Å². The van der Waals surface area contributed by atoms with Gasteiger partial charge in [0, 0.05) is 19.6 Å². The van der Waals surface area contributed by atoms with E-state index in [0.29, 0.717) is 26.3 Å². The van der Waals surface area contributed by atoms with Crippen LogP contribution in [0.5, 0.6) is 0 Å². The second-order valence-electron chi connectivity index (χ2n) is 7.85. The fourth-order valence-electron chi connectivity index (χ4n) is 3.03. The third-order valence-electron chi connectivity index (χ3n) is 4.32. The molecule has 1 unspecified atom stereocenters. The van der Waals surface area contributed by atoms with Crippen LogP contribution < -0.4 is 0 Å². The maximum atomic E-state index is 12.0. The number of nitrogens with zero attached hydrogens (tertiary/aromatic N) is 1. The summed E-state index contributed by atoms with van der Waals surface area (Å²) in [5, 5.41) is 0. The van der Waals surface area contributed by atoms with E-state index in [1.54, 1.807) is 4.90 Å². The van der Waals surface area contributed by atoms with Crippen LogP contribution in [0.4, 0.5) is 4.79 Å². The second-order valence-corrected chi connectivity index (χ2v) is 7.85. The SMILES string of the molecule is CC(C)(C)OC(=O)N1CCC(OCCCCCC2(C)OCCO2)C1. The van der Waals surface area contributed by atoms with Gasteiger partial charge in [-0.2, -0.15) is 0 Å². The van der Waals surface area contributed by atoms with E-state index in [-0.39, 0.29) is 18.0 Å². The first kappa shape index (κ1) is 19.5. The van der Waals surface area contributed by atoms with Crippen molar-refractivity contribution in [3.63, 3.8) is 0 Å². The summed E-state index contributed by atoms with van der Waals surface area (Å²) in [4.78, 5) is 13.7. The fourth-order valence-corrected chi connectivity index (χ4v) is 3.03. The van der Waals surface area contributed by atoms with Crippen molar-refractivity contribution in [1.29, 1.82) is 0 Å². The second kappa shape index (κ2) is 8.50. The number of rotatable bonds is 7. The maximum Gasteiger partial charge on any atom is 0.410 e. The molecule has 2 rings (SSSR count). The molecule has 0 aromatic heterocycles. The molecule has 2 fully saturated rings. The first-order valence-corrected chi connectivity index (χ1v) is 9.15. The summed E-state index contributed by atoms with van der Waals surface area (Å²) in [6.07, 6.45) is 4.93. The Morgan fingerprint density at radius 1 is 1.21 bits per heavy atom. The van der Waals surface area contributed by atoms with Gasteiger partial charge in [0.25, 0.3) is 0 Å². The van der Waals surface area contributed by atoms with Crippen LogP contribution in [0, 0.1) is 0 Å². The summed E-state index contributed by atoms with van der Waals surface area (Å²) in [5.41, 5.74) is -0.445. The lowest BCUT2D eigenvalue weighted by molar-refractivity contribution is -0.147. The zero-order valence-corrected chi connectivity index (χ0v) is 15.6. The average molecular weight is 343 g/mol. The van der Waals surface area contributed by atoms with Gasteiger partial charge in [-0.25, -0.2) is 4.79 Å². The minimum absolute atomic E-state index is 0.136. The first-order chi connectivity index (χ1) is 11.3. The van der Waals surface area contributed by atoms with Gasteiger partial charge in [0.15, 0.2) is 5.79 Å². The Morgan fingerprint density at radius 2 is 1.92 bits per heavy atom. The van der Waals surface area contributed by atoms with Crippen LogP contribution in [-0.2, 0) is 18.9 Å². The molecule has 0 aliphatic carbocycles. The summed E-state index contributed by atoms with van der Waals surface area (Å²) >= 11 is 0. The zero-order valence-electron chi connectivity index (χ0n) is 15.6. The highest BCUT2D eigenvalue weighted by atomic mass is 16.7. The van der Waals surface area contributed by atoms with Gasteiger partial charge in [-0.1, -0.05) is 6.42 Å². The first-order valence-electron chi connectivity index (χ1n) is 9.15. The highest BCUT2D eigenvalue weighted by Gasteiger charge is 2.31. The Morgan fingerprint density at radius 3 is 2.58 bits per heavy atom. The lowest BCUT2D eigenvalue weighted by atomic mass is 10.1. The molecular weight excluding hydrogens is 310 g/mol. The molecule has 0 aromatic carbocycles. The number of ether oxygens (including phenoxy) is 4. The topological polar surface area (TPSA) is 57.2 Å². The van der Waals surface area contributed by atoms with Gasteiger partial charge < -0.3 is 23.8 Å². The number of amides is 1. The van der Waals surface area contributed by atoms with Crippen LogP contribution >= 0.6 is 0 Å². The van der Waals surface area contributed by atoms with Crippen LogP contribution in [-0.4, -0.2) is 61.4 Å². The van der Waals surface area contributed by atoms with E-state index in [1.807, 2.05) is 27.7 Å². The zero-order chi connectivity index (χ0) is 17.6. The largest absolute Gasteiger partial charge is 0.444 e. The van der Waals surface area contributed by atoms with Gasteiger partial charge in [0.05, 0.1) is 25.9 Å². The summed E-state index contributed by atoms with van der Waals surface area (Å²) in [5.74, 6) is -0.375. The predicted molar refractivity (Wildman–Crippen MR) is 90.9 cm³/mol. The quantitative estimate of drug-likeness (QED) is 0.664. The normalized spacial score (nSPS) is 23.7. The van der Waals surface area contributed by atoms with E-state index in [2.05, 4.69) is 0 Å². The van der Waals surface area contributed by atoms with Gasteiger partial charge in [-0.15, -0.1) is 0 Å². The summed E-state index contributed by atoms with van der Waals surface area (Å²) < 4.78 is 22.5. The van der Waals surface area contributed by atoms with Crippen molar-refractivity contribution < 1.29 is 23.7 Å². The molecule has 24 heavy (non-hydrogen) atoms. The molecule has 2 aliphatic rings. The molecule has 1 atom stereocenters. The van der Waals surface area contributed by atoms with Gasteiger partial charge in [-0.05, 0) is 47.0 Å². The van der Waals surface area contributed by atoms with Gasteiger partial charge in [0.2, 0.25) is 0 Å². The molecule has 2 heterocycles. The molecule has 2 saturated heterocycles. The Labute approximate surface area is 145 Å². The number of carbonyl (C=O) groups is 1. The molecule has 1 amide bonds. The monoisotopic (exact) mass is 343 g/mol. The molecule has 0 N–H and O–H groups in total. The highest BCUT2D eigenvalue weighted by Crippen LogP contribution is 2.25. The predicted octanol–water partition coefficient (Wildman–Crippen LogP) is 3.34. The Kier molecular flexibility index (Phi) is 6.89. The summed E-state index contributed by atoms with van der Waals surface area (Å²) in [6, 6.07) is 0. The molecule has 0 aromatic rings. The molecule has 0 saturated carbocycles. The highest BCUT2D eigenvalue weighted by molar-refractivity contribution is 5.68. The van der Waals surface area contributed by atoms with Crippen LogP contribution in [0.15, 0.2) is 0 Å². The number of unbranched alkanes of at least 4 members (excludes halogenated alkanes) is 2. The lowest BCUT2D eigenvalue weighted by Gasteiger charge is -2.24. The van der Waals surface area contributed by atoms with Crippen LogP contribution in [0.3, 0.4) is 0 Å². The van der Waals surface area contributed by atoms with Crippen molar-refractivity contribution in [3.8, 4) is 0 Å². The van der Waals surface area contributed by atoms with E-state index in [9.17, 15) is 4.79 Å². The molecule has 0 radical (unpaired) electrons. The summed E-state index contributed by atoms with van der Waals surface area (Å²) in [6.45, 7) is 11.2. The Bertz CT molecular complexity index is 401. The third kappa shape index (κ3) is 6.57. The lowest BCUT2D eigenvalue weighted by Crippen LogP contribution is -2.36. The molecular formula is C18H33NO5. The standard InChI is InChI=1S/C18H33NO5/c1-17(2,3)24-16(20)19-10-8-15(14-19)21-11-7-5-6-9-18(4)22-12-13-23-18/h15H,5-14H2,1-4H3.